The van der Waals surface area contributed by atoms with Crippen molar-refractivity contribution in [3.05, 3.63) is 0 Å². The number of carbonyl (C=O) groups excluding carboxylic acids is 1. The van der Waals surface area contributed by atoms with Crippen LogP contribution in [0.2, 0.25) is 0 Å². The zero-order valence-electron chi connectivity index (χ0n) is 10.2. The van der Waals surface area contributed by atoms with Crippen LogP contribution in [0.4, 0.5) is 18.0 Å². The van der Waals surface area contributed by atoms with Gasteiger partial charge in [0.1, 0.15) is 0 Å². The van der Waals surface area contributed by atoms with Gasteiger partial charge in [0.25, 0.3) is 0 Å². The fourth-order valence-electron chi connectivity index (χ4n) is 0.500. The van der Waals surface area contributed by atoms with Gasteiger partial charge in [0.05, 0.1) is 14.2 Å². The maximum Gasteiger partial charge on any atom is 0.696 e. The fourth-order valence-corrected chi connectivity index (χ4v) is 0.649. The molecule has 0 aliphatic rings. The van der Waals surface area contributed by atoms with Gasteiger partial charge in [0, 0.05) is 11.1 Å². The number of amides is 1. The highest BCUT2D eigenvalue weighted by molar-refractivity contribution is 7.33. The van der Waals surface area contributed by atoms with Gasteiger partial charge in [-0.2, -0.15) is 13.2 Å². The van der Waals surface area contributed by atoms with Gasteiger partial charge in [0.15, 0.2) is 6.61 Å². The molecular weight excluding hydrogens is 278 g/mol. The SMILES string of the molecule is CCCNC(=O)OCC(F)(F)F.CO[P+](=O)OC. The predicted octanol–water partition coefficient (Wildman–Crippen LogP) is 2.62. The lowest BCUT2D eigenvalue weighted by Gasteiger charge is -2.07. The number of rotatable bonds is 5. The smallest absolute Gasteiger partial charge is 0.440 e. The van der Waals surface area contributed by atoms with E-state index in [1.807, 2.05) is 0 Å². The lowest BCUT2D eigenvalue weighted by atomic mass is 10.5. The third-order valence-electron chi connectivity index (χ3n) is 1.18. The van der Waals surface area contributed by atoms with Crippen molar-refractivity contribution in [2.45, 2.75) is 19.5 Å². The summed E-state index contributed by atoms with van der Waals surface area (Å²) in [5, 5.41) is 2.14. The standard InChI is InChI=1S/C6H10F3NO2.C2H6O3P/c1-2-3-10-5(11)12-4-6(7,8)9;1-4-6(3)5-2/h2-4H2,1H3,(H,10,11);1-2H3/q;+1. The van der Waals surface area contributed by atoms with E-state index in [1.165, 1.54) is 14.2 Å². The first-order chi connectivity index (χ1) is 8.26. The number of alkyl halides is 3. The number of carbonyl (C=O) groups is 1. The Labute approximate surface area is 104 Å². The summed E-state index contributed by atoms with van der Waals surface area (Å²) in [7, 11) is 0.817. The Hall–Kier alpha value is -0.920. The zero-order chi connectivity index (χ0) is 14.6. The van der Waals surface area contributed by atoms with Crippen LogP contribution in [0, 0.1) is 0 Å². The number of hydrogen-bond acceptors (Lipinski definition) is 5. The molecule has 0 saturated carbocycles. The molecule has 0 fully saturated rings. The van der Waals surface area contributed by atoms with Gasteiger partial charge in [0.2, 0.25) is 0 Å². The summed E-state index contributed by atoms with van der Waals surface area (Å²) >= 11 is 0. The second-order valence-electron chi connectivity index (χ2n) is 2.71. The molecule has 0 spiro atoms. The third-order valence-corrected chi connectivity index (χ3v) is 1.78. The third kappa shape index (κ3) is 17.5. The Morgan fingerprint density at radius 1 is 1.28 bits per heavy atom. The van der Waals surface area contributed by atoms with Crippen LogP contribution in [-0.2, 0) is 18.3 Å². The molecule has 0 aliphatic heterocycles. The molecule has 0 aliphatic carbocycles. The summed E-state index contributed by atoms with van der Waals surface area (Å²) in [6.07, 6.45) is -4.83. The summed E-state index contributed by atoms with van der Waals surface area (Å²) in [5.74, 6) is 0. The van der Waals surface area contributed by atoms with Crippen LogP contribution < -0.4 is 5.32 Å². The highest BCUT2D eigenvalue weighted by Gasteiger charge is 2.29. The quantitative estimate of drug-likeness (QED) is 0.789. The van der Waals surface area contributed by atoms with Gasteiger partial charge in [-0.15, -0.1) is 9.05 Å². The van der Waals surface area contributed by atoms with Crippen LogP contribution in [0.1, 0.15) is 13.3 Å². The van der Waals surface area contributed by atoms with E-state index >= 15 is 0 Å². The molecule has 0 rings (SSSR count). The second kappa shape index (κ2) is 11.2. The Kier molecular flexibility index (Phi) is 12.1. The molecule has 0 unspecified atom stereocenters. The largest absolute Gasteiger partial charge is 0.696 e. The second-order valence-corrected chi connectivity index (χ2v) is 3.88. The average molecular weight is 294 g/mol. The molecular formula is C8H16F3NO5P+. The van der Waals surface area contributed by atoms with E-state index in [2.05, 4.69) is 19.1 Å². The van der Waals surface area contributed by atoms with Crippen molar-refractivity contribution in [1.29, 1.82) is 0 Å². The number of alkyl carbamates (subject to hydrolysis) is 1. The minimum Gasteiger partial charge on any atom is -0.440 e. The van der Waals surface area contributed by atoms with Crippen LogP contribution in [0.25, 0.3) is 0 Å². The number of halogens is 3. The Balaban J connectivity index is 0. The predicted molar refractivity (Wildman–Crippen MR) is 57.3 cm³/mol. The van der Waals surface area contributed by atoms with Gasteiger partial charge in [-0.05, 0) is 6.42 Å². The molecule has 0 bridgehead atoms. The van der Waals surface area contributed by atoms with E-state index in [0.717, 1.165) is 0 Å². The van der Waals surface area contributed by atoms with Crippen LogP contribution in [0.3, 0.4) is 0 Å². The molecule has 0 heterocycles. The van der Waals surface area contributed by atoms with Crippen molar-refractivity contribution in [2.75, 3.05) is 27.4 Å². The first-order valence-electron chi connectivity index (χ1n) is 4.79. The Morgan fingerprint density at radius 3 is 2.06 bits per heavy atom. The van der Waals surface area contributed by atoms with Crippen molar-refractivity contribution >= 4 is 14.3 Å². The van der Waals surface area contributed by atoms with E-state index in [0.29, 0.717) is 13.0 Å². The first-order valence-corrected chi connectivity index (χ1v) is 5.89. The molecule has 1 N–H and O–H groups in total. The van der Waals surface area contributed by atoms with Gasteiger partial charge in [-0.3, -0.25) is 0 Å². The highest BCUT2D eigenvalue weighted by atomic mass is 31.1. The van der Waals surface area contributed by atoms with Crippen molar-refractivity contribution in [1.82, 2.24) is 5.32 Å². The number of ether oxygens (including phenoxy) is 1. The van der Waals surface area contributed by atoms with E-state index in [4.69, 9.17) is 0 Å². The Bertz CT molecular complexity index is 243. The molecule has 10 heteroatoms. The molecule has 6 nitrogen and oxygen atoms in total. The van der Waals surface area contributed by atoms with Gasteiger partial charge < -0.3 is 10.1 Å². The molecule has 18 heavy (non-hydrogen) atoms. The normalized spacial score (nSPS) is 10.1. The van der Waals surface area contributed by atoms with Crippen molar-refractivity contribution in [2.24, 2.45) is 0 Å². The van der Waals surface area contributed by atoms with Crippen LogP contribution >= 0.6 is 8.25 Å². The minimum absolute atomic E-state index is 0.316. The summed E-state index contributed by atoms with van der Waals surface area (Å²) in [6.45, 7) is 0.559. The lowest BCUT2D eigenvalue weighted by molar-refractivity contribution is -0.160. The maximum atomic E-state index is 11.4. The summed E-state index contributed by atoms with van der Waals surface area (Å²) in [5.41, 5.74) is 0. The zero-order valence-corrected chi connectivity index (χ0v) is 11.1. The molecule has 1 amide bonds. The minimum atomic E-state index is -4.45. The van der Waals surface area contributed by atoms with E-state index in [1.54, 1.807) is 6.92 Å². The Morgan fingerprint density at radius 2 is 1.78 bits per heavy atom. The monoisotopic (exact) mass is 294 g/mol. The van der Waals surface area contributed by atoms with Gasteiger partial charge in [-0.25, -0.2) is 4.79 Å². The van der Waals surface area contributed by atoms with E-state index < -0.39 is 27.1 Å². The molecule has 0 aromatic heterocycles. The van der Waals surface area contributed by atoms with Crippen molar-refractivity contribution < 1.29 is 36.3 Å². The van der Waals surface area contributed by atoms with Crippen LogP contribution in [-0.4, -0.2) is 39.6 Å². The summed E-state index contributed by atoms with van der Waals surface area (Å²) < 4.78 is 56.4. The average Bonchev–Trinajstić information content (AvgIpc) is 2.32. The molecule has 0 atom stereocenters. The summed E-state index contributed by atoms with van der Waals surface area (Å²) in [6, 6.07) is 0. The van der Waals surface area contributed by atoms with Crippen LogP contribution in [0.15, 0.2) is 0 Å². The van der Waals surface area contributed by atoms with Crippen molar-refractivity contribution in [3.63, 3.8) is 0 Å². The molecule has 0 aromatic carbocycles. The summed E-state index contributed by atoms with van der Waals surface area (Å²) in [4.78, 5) is 10.4. The highest BCUT2D eigenvalue weighted by Crippen LogP contribution is 2.18. The topological polar surface area (TPSA) is 73.9 Å². The van der Waals surface area contributed by atoms with E-state index in [9.17, 15) is 22.5 Å². The first kappa shape index (κ1) is 19.4. The van der Waals surface area contributed by atoms with Crippen LogP contribution in [0.5, 0.6) is 0 Å². The molecule has 0 aromatic rings. The number of hydrogen-bond donors (Lipinski definition) is 1. The molecule has 0 radical (unpaired) electrons. The molecule has 108 valence electrons. The van der Waals surface area contributed by atoms with Gasteiger partial charge in [-0.1, -0.05) is 6.92 Å². The van der Waals surface area contributed by atoms with E-state index in [-0.39, 0.29) is 0 Å². The van der Waals surface area contributed by atoms with Gasteiger partial charge >= 0.3 is 20.5 Å². The maximum absolute atomic E-state index is 11.4. The fraction of sp³-hybridized carbons (Fsp3) is 0.875. The lowest BCUT2D eigenvalue weighted by Crippen LogP contribution is -2.29. The molecule has 0 saturated heterocycles. The number of nitrogens with one attached hydrogen (secondary N) is 1. The van der Waals surface area contributed by atoms with Crippen molar-refractivity contribution in [3.8, 4) is 0 Å².